The van der Waals surface area contributed by atoms with Crippen LogP contribution in [0.25, 0.3) is 0 Å². The largest absolute Gasteiger partial charge is 0.573 e. The Kier molecular flexibility index (Phi) is 3.93. The monoisotopic (exact) mass is 307 g/mol. The van der Waals surface area contributed by atoms with Crippen LogP contribution in [0.1, 0.15) is 0 Å². The Hall–Kier alpha value is -2.09. The van der Waals surface area contributed by atoms with Crippen molar-refractivity contribution in [1.82, 2.24) is 9.97 Å². The van der Waals surface area contributed by atoms with Crippen LogP contribution in [0.3, 0.4) is 0 Å². The van der Waals surface area contributed by atoms with Crippen LogP contribution in [-0.4, -0.2) is 16.3 Å². The Morgan fingerprint density at radius 3 is 2.35 bits per heavy atom. The summed E-state index contributed by atoms with van der Waals surface area (Å²) < 4.78 is 52.3. The lowest BCUT2D eigenvalue weighted by Crippen LogP contribution is -2.17. The molecule has 106 valence electrons. The van der Waals surface area contributed by atoms with Crippen LogP contribution in [0.4, 0.5) is 29.2 Å². The number of aromatic nitrogens is 2. The first-order chi connectivity index (χ1) is 9.33. The molecular weight excluding hydrogens is 302 g/mol. The standard InChI is InChI=1S/C11H6ClF4N3O/c12-8-3-6(1-2-9(8)13)19-10-17-4-7(5-18-10)20-11(14,15)16/h1-5H,(H,17,18,19). The number of halogens is 5. The van der Waals surface area contributed by atoms with E-state index in [9.17, 15) is 17.6 Å². The third-order valence-electron chi connectivity index (χ3n) is 2.04. The normalized spacial score (nSPS) is 11.2. The first kappa shape index (κ1) is 14.3. The summed E-state index contributed by atoms with van der Waals surface area (Å²) in [6.45, 7) is 0. The highest BCUT2D eigenvalue weighted by Crippen LogP contribution is 2.23. The fourth-order valence-corrected chi connectivity index (χ4v) is 1.45. The zero-order chi connectivity index (χ0) is 14.8. The van der Waals surface area contributed by atoms with E-state index in [0.717, 1.165) is 18.5 Å². The molecule has 1 heterocycles. The van der Waals surface area contributed by atoms with Gasteiger partial charge in [0.05, 0.1) is 17.4 Å². The number of hydrogen-bond acceptors (Lipinski definition) is 4. The van der Waals surface area contributed by atoms with Crippen molar-refractivity contribution in [3.8, 4) is 5.75 Å². The van der Waals surface area contributed by atoms with Crippen molar-refractivity contribution >= 4 is 23.2 Å². The fraction of sp³-hybridized carbons (Fsp3) is 0.0909. The number of benzene rings is 1. The average molecular weight is 308 g/mol. The molecular formula is C11H6ClF4N3O. The summed E-state index contributed by atoms with van der Waals surface area (Å²) in [5.41, 5.74) is 0.390. The molecule has 9 heteroatoms. The zero-order valence-electron chi connectivity index (χ0n) is 9.58. The van der Waals surface area contributed by atoms with Crippen LogP contribution in [-0.2, 0) is 0 Å². The van der Waals surface area contributed by atoms with Crippen molar-refractivity contribution in [2.45, 2.75) is 6.36 Å². The third kappa shape index (κ3) is 3.95. The Morgan fingerprint density at radius 2 is 1.80 bits per heavy atom. The van der Waals surface area contributed by atoms with E-state index in [0.29, 0.717) is 5.69 Å². The molecule has 0 saturated carbocycles. The van der Waals surface area contributed by atoms with E-state index >= 15 is 0 Å². The summed E-state index contributed by atoms with van der Waals surface area (Å²) in [7, 11) is 0. The second kappa shape index (κ2) is 5.49. The first-order valence-corrected chi connectivity index (χ1v) is 5.51. The van der Waals surface area contributed by atoms with Gasteiger partial charge in [0.15, 0.2) is 5.75 Å². The van der Waals surface area contributed by atoms with Gasteiger partial charge in [-0.15, -0.1) is 13.2 Å². The highest BCUT2D eigenvalue weighted by molar-refractivity contribution is 6.31. The highest BCUT2D eigenvalue weighted by Gasteiger charge is 2.31. The molecule has 0 radical (unpaired) electrons. The van der Waals surface area contributed by atoms with Crippen LogP contribution in [0.15, 0.2) is 30.6 Å². The van der Waals surface area contributed by atoms with Crippen LogP contribution in [0, 0.1) is 5.82 Å². The van der Waals surface area contributed by atoms with Crippen molar-refractivity contribution in [2.24, 2.45) is 0 Å². The summed E-state index contributed by atoms with van der Waals surface area (Å²) in [4.78, 5) is 7.25. The van der Waals surface area contributed by atoms with E-state index in [1.807, 2.05) is 0 Å². The van der Waals surface area contributed by atoms with Gasteiger partial charge >= 0.3 is 6.36 Å². The minimum Gasteiger partial charge on any atom is -0.402 e. The van der Waals surface area contributed by atoms with E-state index in [4.69, 9.17) is 11.6 Å². The maximum absolute atomic E-state index is 12.9. The maximum Gasteiger partial charge on any atom is 0.573 e. The Bertz CT molecular complexity index is 604. The number of ether oxygens (including phenoxy) is 1. The van der Waals surface area contributed by atoms with E-state index in [1.165, 1.54) is 12.1 Å². The molecule has 0 fully saturated rings. The lowest BCUT2D eigenvalue weighted by atomic mass is 10.3. The summed E-state index contributed by atoms with van der Waals surface area (Å²) in [6.07, 6.45) is -3.09. The molecule has 0 amide bonds. The lowest BCUT2D eigenvalue weighted by Gasteiger charge is -2.09. The van der Waals surface area contributed by atoms with Crippen LogP contribution >= 0.6 is 11.6 Å². The van der Waals surface area contributed by atoms with Crippen molar-refractivity contribution in [2.75, 3.05) is 5.32 Å². The van der Waals surface area contributed by atoms with Gasteiger partial charge in [-0.25, -0.2) is 14.4 Å². The minimum atomic E-state index is -4.80. The van der Waals surface area contributed by atoms with Crippen LogP contribution < -0.4 is 10.1 Å². The SMILES string of the molecule is Fc1ccc(Nc2ncc(OC(F)(F)F)cn2)cc1Cl. The van der Waals surface area contributed by atoms with E-state index < -0.39 is 17.9 Å². The number of alkyl halides is 3. The van der Waals surface area contributed by atoms with Gasteiger partial charge in [-0.3, -0.25) is 0 Å². The molecule has 0 unspecified atom stereocenters. The van der Waals surface area contributed by atoms with Gasteiger partial charge in [0.2, 0.25) is 5.95 Å². The van der Waals surface area contributed by atoms with Crippen molar-refractivity contribution in [3.63, 3.8) is 0 Å². The van der Waals surface area contributed by atoms with E-state index in [-0.39, 0.29) is 11.0 Å². The topological polar surface area (TPSA) is 47.0 Å². The van der Waals surface area contributed by atoms with Crippen molar-refractivity contribution in [3.05, 3.63) is 41.4 Å². The lowest BCUT2D eigenvalue weighted by molar-refractivity contribution is -0.274. The van der Waals surface area contributed by atoms with Gasteiger partial charge in [-0.2, -0.15) is 0 Å². The summed E-state index contributed by atoms with van der Waals surface area (Å²) in [6, 6.07) is 3.80. The van der Waals surface area contributed by atoms with Crippen molar-refractivity contribution in [1.29, 1.82) is 0 Å². The zero-order valence-corrected chi connectivity index (χ0v) is 10.3. The average Bonchev–Trinajstić information content (AvgIpc) is 2.35. The first-order valence-electron chi connectivity index (χ1n) is 5.13. The Balaban J connectivity index is 2.08. The second-order valence-corrected chi connectivity index (χ2v) is 3.95. The summed E-state index contributed by atoms with van der Waals surface area (Å²) in [5.74, 6) is -1.12. The van der Waals surface area contributed by atoms with Gasteiger partial charge in [-0.05, 0) is 18.2 Å². The van der Waals surface area contributed by atoms with Crippen LogP contribution in [0.2, 0.25) is 5.02 Å². The smallest absolute Gasteiger partial charge is 0.402 e. The molecule has 2 rings (SSSR count). The molecule has 1 N–H and O–H groups in total. The Labute approximate surface area is 115 Å². The molecule has 2 aromatic rings. The molecule has 0 aliphatic heterocycles. The number of anilines is 2. The molecule has 0 atom stereocenters. The van der Waals surface area contributed by atoms with Gasteiger partial charge < -0.3 is 10.1 Å². The van der Waals surface area contributed by atoms with E-state index in [2.05, 4.69) is 20.0 Å². The summed E-state index contributed by atoms with van der Waals surface area (Å²) >= 11 is 5.58. The molecule has 0 aliphatic carbocycles. The third-order valence-corrected chi connectivity index (χ3v) is 2.33. The molecule has 0 bridgehead atoms. The quantitative estimate of drug-likeness (QED) is 0.873. The molecule has 0 aliphatic rings. The van der Waals surface area contributed by atoms with Gasteiger partial charge in [-0.1, -0.05) is 11.6 Å². The number of hydrogen-bond donors (Lipinski definition) is 1. The van der Waals surface area contributed by atoms with Crippen molar-refractivity contribution < 1.29 is 22.3 Å². The number of nitrogens with one attached hydrogen (secondary N) is 1. The fourth-order valence-electron chi connectivity index (χ4n) is 1.27. The maximum atomic E-state index is 12.9. The van der Waals surface area contributed by atoms with Crippen LogP contribution in [0.5, 0.6) is 5.75 Å². The predicted molar refractivity (Wildman–Crippen MR) is 63.4 cm³/mol. The number of nitrogens with zero attached hydrogens (tertiary/aromatic N) is 2. The van der Waals surface area contributed by atoms with Gasteiger partial charge in [0.25, 0.3) is 0 Å². The molecule has 0 spiro atoms. The second-order valence-electron chi connectivity index (χ2n) is 3.54. The Morgan fingerprint density at radius 1 is 1.15 bits per heavy atom. The predicted octanol–water partition coefficient (Wildman–Crippen LogP) is 3.91. The molecule has 20 heavy (non-hydrogen) atoms. The van der Waals surface area contributed by atoms with Gasteiger partial charge in [0.1, 0.15) is 5.82 Å². The highest BCUT2D eigenvalue weighted by atomic mass is 35.5. The molecule has 1 aromatic carbocycles. The van der Waals surface area contributed by atoms with Gasteiger partial charge in [0, 0.05) is 5.69 Å². The molecule has 0 saturated heterocycles. The minimum absolute atomic E-state index is 0.0159. The molecule has 4 nitrogen and oxygen atoms in total. The van der Waals surface area contributed by atoms with E-state index in [1.54, 1.807) is 0 Å². The molecule has 1 aromatic heterocycles. The summed E-state index contributed by atoms with van der Waals surface area (Å²) in [5, 5.41) is 2.55. The number of rotatable bonds is 3.